The fraction of sp³-hybridized carbons (Fsp3) is 0.333. The van der Waals surface area contributed by atoms with Crippen LogP contribution in [0.15, 0.2) is 23.6 Å². The van der Waals surface area contributed by atoms with Crippen molar-refractivity contribution in [3.8, 4) is 17.0 Å². The second-order valence-corrected chi connectivity index (χ2v) is 5.77. The molecule has 1 aromatic heterocycles. The van der Waals surface area contributed by atoms with Crippen molar-refractivity contribution in [3.63, 3.8) is 0 Å². The lowest BCUT2D eigenvalue weighted by Crippen LogP contribution is -2.34. The van der Waals surface area contributed by atoms with E-state index in [1.165, 1.54) is 0 Å². The smallest absolute Gasteiger partial charge is 0.265 e. The zero-order chi connectivity index (χ0) is 14.8. The average molecular weight is 304 g/mol. The minimum absolute atomic E-state index is 0.126. The van der Waals surface area contributed by atoms with Gasteiger partial charge >= 0.3 is 0 Å². The summed E-state index contributed by atoms with van der Waals surface area (Å²) in [5.74, 6) is 0.569. The highest BCUT2D eigenvalue weighted by Crippen LogP contribution is 2.34. The number of carbonyl (C=O) groups is 1. The lowest BCUT2D eigenvalue weighted by atomic mass is 10.1. The van der Waals surface area contributed by atoms with Crippen molar-refractivity contribution in [1.29, 1.82) is 0 Å². The highest BCUT2D eigenvalue weighted by molar-refractivity contribution is 7.09. The van der Waals surface area contributed by atoms with Crippen LogP contribution in [-0.4, -0.2) is 30.7 Å². The summed E-state index contributed by atoms with van der Waals surface area (Å²) < 4.78 is 10.6. The summed E-state index contributed by atoms with van der Waals surface area (Å²) in [6, 6.07) is 5.72. The summed E-state index contributed by atoms with van der Waals surface area (Å²) in [6.45, 7) is 2.40. The minimum Gasteiger partial charge on any atom is -0.479 e. The Morgan fingerprint density at radius 3 is 3.14 bits per heavy atom. The molecule has 1 N–H and O–H groups in total. The van der Waals surface area contributed by atoms with Crippen molar-refractivity contribution < 1.29 is 14.3 Å². The SMILES string of the molecule is COCCc1nc(-c2ccc3c(c2)NC(=O)C(C)O3)cs1. The maximum atomic E-state index is 11.7. The van der Waals surface area contributed by atoms with Crippen LogP contribution in [0.2, 0.25) is 0 Å². The minimum atomic E-state index is -0.455. The van der Waals surface area contributed by atoms with Crippen molar-refractivity contribution >= 4 is 22.9 Å². The monoisotopic (exact) mass is 304 g/mol. The molecular formula is C15H16N2O3S. The maximum Gasteiger partial charge on any atom is 0.265 e. The quantitative estimate of drug-likeness (QED) is 0.943. The molecule has 0 saturated heterocycles. The predicted octanol–water partition coefficient (Wildman–Crippen LogP) is 2.72. The molecule has 6 heteroatoms. The Kier molecular flexibility index (Phi) is 3.90. The number of amides is 1. The number of methoxy groups -OCH3 is 1. The summed E-state index contributed by atoms with van der Waals surface area (Å²) in [7, 11) is 1.68. The predicted molar refractivity (Wildman–Crippen MR) is 81.8 cm³/mol. The highest BCUT2D eigenvalue weighted by atomic mass is 32.1. The summed E-state index contributed by atoms with van der Waals surface area (Å²) in [5.41, 5.74) is 2.57. The molecule has 1 aliphatic heterocycles. The summed E-state index contributed by atoms with van der Waals surface area (Å²) >= 11 is 1.61. The lowest BCUT2D eigenvalue weighted by molar-refractivity contribution is -0.122. The third-order valence-electron chi connectivity index (χ3n) is 3.28. The Balaban J connectivity index is 1.85. The van der Waals surface area contributed by atoms with Gasteiger partial charge in [0.15, 0.2) is 6.10 Å². The number of carbonyl (C=O) groups excluding carboxylic acids is 1. The molecule has 0 saturated carbocycles. The topological polar surface area (TPSA) is 60.5 Å². The molecule has 1 atom stereocenters. The van der Waals surface area contributed by atoms with Gasteiger partial charge in [-0.2, -0.15) is 0 Å². The Morgan fingerprint density at radius 1 is 1.48 bits per heavy atom. The Hall–Kier alpha value is -1.92. The number of aromatic nitrogens is 1. The molecule has 1 aliphatic rings. The van der Waals surface area contributed by atoms with E-state index >= 15 is 0 Å². The molecule has 2 heterocycles. The van der Waals surface area contributed by atoms with E-state index in [0.717, 1.165) is 22.7 Å². The van der Waals surface area contributed by atoms with Crippen LogP contribution in [0, 0.1) is 0 Å². The van der Waals surface area contributed by atoms with E-state index in [-0.39, 0.29) is 5.91 Å². The van der Waals surface area contributed by atoms with E-state index in [2.05, 4.69) is 10.3 Å². The van der Waals surface area contributed by atoms with Crippen LogP contribution in [0.3, 0.4) is 0 Å². The molecule has 0 spiro atoms. The Bertz CT molecular complexity index is 669. The number of fused-ring (bicyclic) bond motifs is 1. The normalized spacial score (nSPS) is 17.0. The van der Waals surface area contributed by atoms with Gasteiger partial charge in [-0.25, -0.2) is 4.98 Å². The number of benzene rings is 1. The van der Waals surface area contributed by atoms with Crippen molar-refractivity contribution in [2.45, 2.75) is 19.4 Å². The van der Waals surface area contributed by atoms with Gasteiger partial charge in [0.05, 0.1) is 23.0 Å². The number of nitrogens with zero attached hydrogens (tertiary/aromatic N) is 1. The molecule has 0 bridgehead atoms. The second-order valence-electron chi connectivity index (χ2n) is 4.83. The number of nitrogens with one attached hydrogen (secondary N) is 1. The number of ether oxygens (including phenoxy) is 2. The third-order valence-corrected chi connectivity index (χ3v) is 4.19. The summed E-state index contributed by atoms with van der Waals surface area (Å²) in [6.07, 6.45) is 0.354. The first-order valence-corrected chi connectivity index (χ1v) is 7.60. The molecule has 5 nitrogen and oxygen atoms in total. The molecule has 1 amide bonds. The van der Waals surface area contributed by atoms with Gasteiger partial charge in [0, 0.05) is 24.5 Å². The summed E-state index contributed by atoms with van der Waals surface area (Å²) in [4.78, 5) is 16.2. The van der Waals surface area contributed by atoms with Crippen LogP contribution < -0.4 is 10.1 Å². The van der Waals surface area contributed by atoms with Crippen LogP contribution in [0.25, 0.3) is 11.3 Å². The third kappa shape index (κ3) is 2.91. The standard InChI is InChI=1S/C15H16N2O3S/c1-9-15(18)17-11-7-10(3-4-13(11)20-9)12-8-21-14(16-12)5-6-19-2/h3-4,7-9H,5-6H2,1-2H3,(H,17,18). The fourth-order valence-electron chi connectivity index (χ4n) is 2.12. The van der Waals surface area contributed by atoms with Gasteiger partial charge in [0.1, 0.15) is 5.75 Å². The zero-order valence-corrected chi connectivity index (χ0v) is 12.7. The number of rotatable bonds is 4. The van der Waals surface area contributed by atoms with Gasteiger partial charge in [-0.1, -0.05) is 0 Å². The average Bonchev–Trinajstić information content (AvgIpc) is 2.95. The van der Waals surface area contributed by atoms with Crippen LogP contribution in [0.1, 0.15) is 11.9 Å². The van der Waals surface area contributed by atoms with Crippen LogP contribution in [-0.2, 0) is 16.0 Å². The maximum absolute atomic E-state index is 11.7. The molecule has 0 aliphatic carbocycles. The molecule has 0 radical (unpaired) electrons. The summed E-state index contributed by atoms with van der Waals surface area (Å²) in [5, 5.41) is 5.91. The number of hydrogen-bond acceptors (Lipinski definition) is 5. The molecule has 0 fully saturated rings. The van der Waals surface area contributed by atoms with E-state index in [9.17, 15) is 4.79 Å². The van der Waals surface area contributed by atoms with Gasteiger partial charge in [0.2, 0.25) is 0 Å². The molecule has 110 valence electrons. The van der Waals surface area contributed by atoms with E-state index in [4.69, 9.17) is 9.47 Å². The first-order valence-electron chi connectivity index (χ1n) is 6.72. The van der Waals surface area contributed by atoms with Gasteiger partial charge < -0.3 is 14.8 Å². The van der Waals surface area contributed by atoms with Gasteiger partial charge in [0.25, 0.3) is 5.91 Å². The highest BCUT2D eigenvalue weighted by Gasteiger charge is 2.23. The molecule has 2 aromatic rings. The lowest BCUT2D eigenvalue weighted by Gasteiger charge is -2.23. The Morgan fingerprint density at radius 2 is 2.33 bits per heavy atom. The van der Waals surface area contributed by atoms with Crippen LogP contribution in [0.4, 0.5) is 5.69 Å². The van der Waals surface area contributed by atoms with Gasteiger partial charge in [-0.3, -0.25) is 4.79 Å². The van der Waals surface area contributed by atoms with Crippen LogP contribution >= 0.6 is 11.3 Å². The molecular weight excluding hydrogens is 288 g/mol. The first-order chi connectivity index (χ1) is 10.2. The Labute approximate surface area is 126 Å². The van der Waals surface area contributed by atoms with E-state index < -0.39 is 6.10 Å². The van der Waals surface area contributed by atoms with Gasteiger partial charge in [-0.05, 0) is 25.1 Å². The second kappa shape index (κ2) is 5.83. The molecule has 1 aromatic carbocycles. The first kappa shape index (κ1) is 14.0. The number of anilines is 1. The largest absolute Gasteiger partial charge is 0.479 e. The van der Waals surface area contributed by atoms with E-state index in [1.807, 2.05) is 23.6 Å². The van der Waals surface area contributed by atoms with Crippen molar-refractivity contribution in [2.24, 2.45) is 0 Å². The van der Waals surface area contributed by atoms with Crippen molar-refractivity contribution in [2.75, 3.05) is 19.0 Å². The van der Waals surface area contributed by atoms with E-state index in [0.29, 0.717) is 18.0 Å². The number of hydrogen-bond donors (Lipinski definition) is 1. The fourth-order valence-corrected chi connectivity index (χ4v) is 2.90. The molecule has 21 heavy (non-hydrogen) atoms. The zero-order valence-electron chi connectivity index (χ0n) is 11.9. The number of thiazole rings is 1. The molecule has 3 rings (SSSR count). The van der Waals surface area contributed by atoms with Crippen LogP contribution in [0.5, 0.6) is 5.75 Å². The van der Waals surface area contributed by atoms with Gasteiger partial charge in [-0.15, -0.1) is 11.3 Å². The van der Waals surface area contributed by atoms with E-state index in [1.54, 1.807) is 25.4 Å². The van der Waals surface area contributed by atoms with Crippen molar-refractivity contribution in [1.82, 2.24) is 4.98 Å². The van der Waals surface area contributed by atoms with Crippen molar-refractivity contribution in [3.05, 3.63) is 28.6 Å². The molecule has 1 unspecified atom stereocenters.